The van der Waals surface area contributed by atoms with Crippen LogP contribution in [0.2, 0.25) is 0 Å². The lowest BCUT2D eigenvalue weighted by atomic mass is 11.1. The molecule has 0 aromatic carbocycles. The van der Waals surface area contributed by atoms with E-state index in [2.05, 4.69) is 4.99 Å². The third kappa shape index (κ3) is 3.43. The first-order chi connectivity index (χ1) is 2.77. The van der Waals surface area contributed by atoms with E-state index in [1.807, 2.05) is 0 Å². The van der Waals surface area contributed by atoms with E-state index in [0.29, 0.717) is 0 Å². The van der Waals surface area contributed by atoms with Crippen LogP contribution in [0.1, 0.15) is 0 Å². The van der Waals surface area contributed by atoms with Crippen LogP contribution >= 0.6 is 0 Å². The molecule has 0 aromatic rings. The first-order valence-corrected chi connectivity index (χ1v) is 1.67. The summed E-state index contributed by atoms with van der Waals surface area (Å²) < 4.78 is 0. The molecule has 0 rings (SSSR count). The lowest BCUT2D eigenvalue weighted by Crippen LogP contribution is -2.23. The molecule has 0 amide bonds. The number of aliphatic imine (C=N–C) groups is 1. The Balaban J connectivity index is 3.03. The highest BCUT2D eigenvalue weighted by molar-refractivity contribution is 5.52. The van der Waals surface area contributed by atoms with Crippen LogP contribution < -0.4 is 5.84 Å². The fourth-order valence-corrected chi connectivity index (χ4v) is 0.182. The molecule has 0 heterocycles. The van der Waals surface area contributed by atoms with Crippen molar-refractivity contribution in [3.63, 3.8) is 0 Å². The van der Waals surface area contributed by atoms with Gasteiger partial charge >= 0.3 is 0 Å². The predicted molar refractivity (Wildman–Crippen MR) is 26.4 cm³/mol. The molecular weight excluding hydrogens is 78.1 g/mol. The largest absolute Gasteiger partial charge is 0.304 e. The number of hydrogen-bond acceptors (Lipinski definition) is 2. The molecule has 0 aromatic heterocycles. The standard InChI is InChI=1S/C3H9N3/c1-5-3-6(2)4/h3H,4H2,1-2H3. The van der Waals surface area contributed by atoms with Gasteiger partial charge < -0.3 is 5.01 Å². The van der Waals surface area contributed by atoms with Crippen molar-refractivity contribution in [3.8, 4) is 0 Å². The van der Waals surface area contributed by atoms with Crippen molar-refractivity contribution >= 4 is 6.34 Å². The highest BCUT2D eigenvalue weighted by Crippen LogP contribution is 1.53. The minimum Gasteiger partial charge on any atom is -0.304 e. The maximum absolute atomic E-state index is 5.09. The van der Waals surface area contributed by atoms with Gasteiger partial charge in [0, 0.05) is 14.1 Å². The lowest BCUT2D eigenvalue weighted by molar-refractivity contribution is 0.555. The molecule has 0 unspecified atom stereocenters. The smallest absolute Gasteiger partial charge is 0.0984 e. The summed E-state index contributed by atoms with van der Waals surface area (Å²) >= 11 is 0. The van der Waals surface area contributed by atoms with Crippen molar-refractivity contribution in [3.05, 3.63) is 0 Å². The average molecular weight is 87.1 g/mol. The minimum absolute atomic E-state index is 1.39. The molecule has 6 heavy (non-hydrogen) atoms. The number of nitrogens with two attached hydrogens (primary N) is 1. The Kier molecular flexibility index (Phi) is 2.40. The van der Waals surface area contributed by atoms with Crippen molar-refractivity contribution in [2.45, 2.75) is 0 Å². The van der Waals surface area contributed by atoms with Gasteiger partial charge in [0.2, 0.25) is 0 Å². The SMILES string of the molecule is CN=CN(C)N. The normalized spacial score (nSPS) is 9.83. The Morgan fingerprint density at radius 1 is 1.83 bits per heavy atom. The van der Waals surface area contributed by atoms with Gasteiger partial charge in [-0.15, -0.1) is 0 Å². The quantitative estimate of drug-likeness (QED) is 0.202. The van der Waals surface area contributed by atoms with Crippen LogP contribution in [0.5, 0.6) is 0 Å². The van der Waals surface area contributed by atoms with Gasteiger partial charge in [-0.3, -0.25) is 4.99 Å². The summed E-state index contributed by atoms with van der Waals surface area (Å²) in [6.07, 6.45) is 1.53. The number of hydrazine groups is 1. The van der Waals surface area contributed by atoms with Crippen LogP contribution in [-0.2, 0) is 0 Å². The Morgan fingerprint density at radius 3 is 2.33 bits per heavy atom. The van der Waals surface area contributed by atoms with E-state index in [1.54, 1.807) is 14.1 Å². The van der Waals surface area contributed by atoms with Crippen molar-refractivity contribution in [2.75, 3.05) is 14.1 Å². The monoisotopic (exact) mass is 87.1 g/mol. The maximum Gasteiger partial charge on any atom is 0.0984 e. The minimum atomic E-state index is 1.39. The van der Waals surface area contributed by atoms with Gasteiger partial charge in [-0.1, -0.05) is 0 Å². The molecule has 0 spiro atoms. The maximum atomic E-state index is 5.09. The molecule has 0 atom stereocenters. The summed E-state index contributed by atoms with van der Waals surface area (Å²) in [6, 6.07) is 0. The molecule has 3 nitrogen and oxygen atoms in total. The van der Waals surface area contributed by atoms with Crippen molar-refractivity contribution < 1.29 is 0 Å². The van der Waals surface area contributed by atoms with Crippen LogP contribution in [0.3, 0.4) is 0 Å². The zero-order chi connectivity index (χ0) is 4.99. The van der Waals surface area contributed by atoms with Crippen LogP contribution in [-0.4, -0.2) is 25.4 Å². The van der Waals surface area contributed by atoms with Gasteiger partial charge in [-0.2, -0.15) is 0 Å². The van der Waals surface area contributed by atoms with E-state index in [9.17, 15) is 0 Å². The molecule has 0 aliphatic heterocycles. The van der Waals surface area contributed by atoms with E-state index in [0.717, 1.165) is 0 Å². The van der Waals surface area contributed by atoms with Crippen LogP contribution in [0, 0.1) is 0 Å². The van der Waals surface area contributed by atoms with E-state index >= 15 is 0 Å². The zero-order valence-electron chi connectivity index (χ0n) is 4.05. The highest BCUT2D eigenvalue weighted by Gasteiger charge is 1.67. The molecule has 0 aliphatic rings. The van der Waals surface area contributed by atoms with Gasteiger partial charge in [0.15, 0.2) is 0 Å². The molecule has 0 saturated carbocycles. The molecule has 0 saturated heterocycles. The first-order valence-electron chi connectivity index (χ1n) is 1.67. The van der Waals surface area contributed by atoms with Crippen molar-refractivity contribution in [1.29, 1.82) is 0 Å². The third-order valence-electron chi connectivity index (χ3n) is 0.298. The fraction of sp³-hybridized carbons (Fsp3) is 0.667. The zero-order valence-corrected chi connectivity index (χ0v) is 4.05. The molecule has 0 bridgehead atoms. The Labute approximate surface area is 37.4 Å². The predicted octanol–water partition coefficient (Wildman–Crippen LogP) is -0.550. The van der Waals surface area contributed by atoms with E-state index in [-0.39, 0.29) is 0 Å². The topological polar surface area (TPSA) is 41.6 Å². The van der Waals surface area contributed by atoms with Crippen LogP contribution in [0.15, 0.2) is 4.99 Å². The average Bonchev–Trinajstić information content (AvgIpc) is 1.35. The summed E-state index contributed by atoms with van der Waals surface area (Å²) in [6.45, 7) is 0. The molecule has 0 fully saturated rings. The second kappa shape index (κ2) is 2.66. The Bertz CT molecular complexity index is 48.0. The van der Waals surface area contributed by atoms with E-state index in [1.165, 1.54) is 11.3 Å². The fourth-order valence-electron chi connectivity index (χ4n) is 0.182. The first kappa shape index (κ1) is 5.43. The number of nitrogens with zero attached hydrogens (tertiary/aromatic N) is 2. The van der Waals surface area contributed by atoms with E-state index in [4.69, 9.17) is 5.84 Å². The van der Waals surface area contributed by atoms with Gasteiger partial charge in [-0.25, -0.2) is 5.84 Å². The van der Waals surface area contributed by atoms with Crippen molar-refractivity contribution in [2.24, 2.45) is 10.8 Å². The molecular formula is C3H9N3. The summed E-state index contributed by atoms with van der Waals surface area (Å²) in [4.78, 5) is 3.61. The molecule has 2 N–H and O–H groups in total. The third-order valence-corrected chi connectivity index (χ3v) is 0.298. The second-order valence-electron chi connectivity index (χ2n) is 1.04. The Morgan fingerprint density at radius 2 is 2.33 bits per heavy atom. The van der Waals surface area contributed by atoms with Gasteiger partial charge in [-0.05, 0) is 0 Å². The van der Waals surface area contributed by atoms with Crippen LogP contribution in [0.4, 0.5) is 0 Å². The number of rotatable bonds is 1. The molecule has 0 aliphatic carbocycles. The lowest BCUT2D eigenvalue weighted by Gasteiger charge is -1.98. The van der Waals surface area contributed by atoms with Gasteiger partial charge in [0.25, 0.3) is 0 Å². The summed E-state index contributed by atoms with van der Waals surface area (Å²) in [7, 11) is 3.39. The van der Waals surface area contributed by atoms with Gasteiger partial charge in [0.1, 0.15) is 0 Å². The van der Waals surface area contributed by atoms with Crippen LogP contribution in [0.25, 0.3) is 0 Å². The molecule has 0 radical (unpaired) electrons. The summed E-state index contributed by atoms with van der Waals surface area (Å²) in [5.74, 6) is 5.09. The van der Waals surface area contributed by atoms with Crippen molar-refractivity contribution in [1.82, 2.24) is 5.01 Å². The number of hydrogen-bond donors (Lipinski definition) is 1. The Hall–Kier alpha value is -0.570. The van der Waals surface area contributed by atoms with E-state index < -0.39 is 0 Å². The summed E-state index contributed by atoms with van der Waals surface area (Å²) in [5, 5.41) is 1.39. The summed E-state index contributed by atoms with van der Waals surface area (Å²) in [5.41, 5.74) is 0. The molecule has 3 heteroatoms. The second-order valence-corrected chi connectivity index (χ2v) is 1.04. The highest BCUT2D eigenvalue weighted by atomic mass is 15.4. The molecule has 36 valence electrons. The van der Waals surface area contributed by atoms with Gasteiger partial charge in [0.05, 0.1) is 6.34 Å².